The Labute approximate surface area is 188 Å². The number of amides is 2. The largest absolute Gasteiger partial charge is 0.369 e. The number of hydrogen-bond acceptors (Lipinski definition) is 5. The molecule has 0 spiro atoms. The quantitative estimate of drug-likeness (QED) is 0.514. The fourth-order valence-corrected chi connectivity index (χ4v) is 4.91. The van der Waals surface area contributed by atoms with Crippen molar-refractivity contribution < 1.29 is 9.59 Å². The van der Waals surface area contributed by atoms with Crippen LogP contribution in [0, 0.1) is 0 Å². The predicted molar refractivity (Wildman–Crippen MR) is 125 cm³/mol. The van der Waals surface area contributed by atoms with Crippen molar-refractivity contribution in [3.8, 4) is 0 Å². The minimum atomic E-state index is -0.185. The second-order valence-corrected chi connectivity index (χ2v) is 9.13. The van der Waals surface area contributed by atoms with Crippen molar-refractivity contribution in [2.45, 2.75) is 30.6 Å². The molecule has 4 rings (SSSR count). The van der Waals surface area contributed by atoms with Crippen LogP contribution >= 0.6 is 11.8 Å². The number of thioether (sulfide) groups is 1. The number of aryl methyl sites for hydroxylation is 2. The van der Waals surface area contributed by atoms with Gasteiger partial charge in [-0.15, -0.1) is 11.8 Å². The number of carbonyl (C=O) groups excluding carboxylic acids is 2. The number of hydrazine groups is 1. The molecule has 0 unspecified atom stereocenters. The molecule has 7 heteroatoms. The van der Waals surface area contributed by atoms with Gasteiger partial charge < -0.3 is 4.90 Å². The number of benzene rings is 2. The highest BCUT2D eigenvalue weighted by atomic mass is 32.2. The Kier molecular flexibility index (Phi) is 7.48. The van der Waals surface area contributed by atoms with E-state index in [1.54, 1.807) is 0 Å². The maximum atomic E-state index is 12.1. The van der Waals surface area contributed by atoms with Gasteiger partial charge in [-0.25, -0.2) is 0 Å². The maximum absolute atomic E-state index is 12.1. The molecule has 31 heavy (non-hydrogen) atoms. The van der Waals surface area contributed by atoms with Gasteiger partial charge in [0.05, 0.1) is 5.75 Å². The molecule has 2 N–H and O–H groups in total. The topological polar surface area (TPSA) is 64.7 Å². The molecule has 0 atom stereocenters. The summed E-state index contributed by atoms with van der Waals surface area (Å²) in [6.07, 6.45) is 3.89. The number of nitrogens with one attached hydrogen (secondary N) is 2. The van der Waals surface area contributed by atoms with E-state index >= 15 is 0 Å². The van der Waals surface area contributed by atoms with Gasteiger partial charge in [-0.05, 0) is 54.7 Å². The number of carbonyl (C=O) groups is 2. The van der Waals surface area contributed by atoms with Crippen molar-refractivity contribution in [2.24, 2.45) is 0 Å². The standard InChI is InChI=1S/C24H30N4O2S/c29-23(11-12-27-13-15-28(16-14-27)21-7-2-1-3-8-21)25-26-24(30)18-31-22-10-9-19-5-4-6-20(19)17-22/h1-3,7-10,17H,4-6,11-16,18H2,(H,25,29)(H,26,30). The fraction of sp³-hybridized carbons (Fsp3) is 0.417. The first-order valence-corrected chi connectivity index (χ1v) is 12.0. The first-order chi connectivity index (χ1) is 15.2. The average molecular weight is 439 g/mol. The number of rotatable bonds is 7. The van der Waals surface area contributed by atoms with Crippen LogP contribution in [0.5, 0.6) is 0 Å². The van der Waals surface area contributed by atoms with Crippen LogP contribution in [-0.4, -0.2) is 55.2 Å². The normalized spacial score (nSPS) is 16.1. The summed E-state index contributed by atoms with van der Waals surface area (Å²) < 4.78 is 0. The lowest BCUT2D eigenvalue weighted by Gasteiger charge is -2.36. The van der Waals surface area contributed by atoms with E-state index in [1.807, 2.05) is 6.07 Å². The van der Waals surface area contributed by atoms with Gasteiger partial charge >= 0.3 is 0 Å². The van der Waals surface area contributed by atoms with Gasteiger partial charge in [0.15, 0.2) is 0 Å². The lowest BCUT2D eigenvalue weighted by atomic mass is 10.1. The zero-order valence-corrected chi connectivity index (χ0v) is 18.6. The second kappa shape index (κ2) is 10.7. The highest BCUT2D eigenvalue weighted by Gasteiger charge is 2.18. The highest BCUT2D eigenvalue weighted by molar-refractivity contribution is 8.00. The molecule has 2 amide bonds. The van der Waals surface area contributed by atoms with Gasteiger partial charge in [0, 0.05) is 49.7 Å². The molecule has 0 saturated carbocycles. The molecular weight excluding hydrogens is 408 g/mol. The monoisotopic (exact) mass is 438 g/mol. The van der Waals surface area contributed by atoms with Crippen molar-refractivity contribution in [3.63, 3.8) is 0 Å². The molecule has 164 valence electrons. The molecule has 6 nitrogen and oxygen atoms in total. The number of nitrogens with zero attached hydrogens (tertiary/aromatic N) is 2. The Morgan fingerprint density at radius 3 is 2.42 bits per heavy atom. The van der Waals surface area contributed by atoms with Crippen molar-refractivity contribution in [3.05, 3.63) is 59.7 Å². The molecule has 0 radical (unpaired) electrons. The molecule has 1 heterocycles. The second-order valence-electron chi connectivity index (χ2n) is 8.08. The molecule has 2 aromatic rings. The van der Waals surface area contributed by atoms with E-state index in [1.165, 1.54) is 35.0 Å². The number of anilines is 1. The van der Waals surface area contributed by atoms with Gasteiger partial charge in [-0.2, -0.15) is 0 Å². The van der Waals surface area contributed by atoms with Gasteiger partial charge in [-0.3, -0.25) is 25.3 Å². The molecule has 2 aliphatic rings. The van der Waals surface area contributed by atoms with Gasteiger partial charge in [-0.1, -0.05) is 24.3 Å². The Hall–Kier alpha value is -2.51. The third kappa shape index (κ3) is 6.24. The van der Waals surface area contributed by atoms with E-state index in [-0.39, 0.29) is 11.8 Å². The zero-order chi connectivity index (χ0) is 21.5. The van der Waals surface area contributed by atoms with Crippen molar-refractivity contribution in [1.82, 2.24) is 15.8 Å². The molecule has 1 saturated heterocycles. The first kappa shape index (κ1) is 21.7. The summed E-state index contributed by atoms with van der Waals surface area (Å²) in [6, 6.07) is 16.9. The van der Waals surface area contributed by atoms with Gasteiger partial charge in [0.25, 0.3) is 0 Å². The van der Waals surface area contributed by atoms with Gasteiger partial charge in [0.1, 0.15) is 0 Å². The summed E-state index contributed by atoms with van der Waals surface area (Å²) in [5, 5.41) is 0. The van der Waals surface area contributed by atoms with Crippen molar-refractivity contribution in [2.75, 3.05) is 43.4 Å². The van der Waals surface area contributed by atoms with Crippen LogP contribution in [0.4, 0.5) is 5.69 Å². The Bertz CT molecular complexity index is 898. The van der Waals surface area contributed by atoms with Crippen molar-refractivity contribution >= 4 is 29.3 Å². The van der Waals surface area contributed by atoms with Crippen LogP contribution in [0.2, 0.25) is 0 Å². The average Bonchev–Trinajstić information content (AvgIpc) is 3.29. The Morgan fingerprint density at radius 2 is 1.61 bits per heavy atom. The predicted octanol–water partition coefficient (Wildman–Crippen LogP) is 2.63. The molecule has 0 aromatic heterocycles. The first-order valence-electron chi connectivity index (χ1n) is 11.0. The van der Waals surface area contributed by atoms with Crippen LogP contribution < -0.4 is 15.8 Å². The van der Waals surface area contributed by atoms with E-state index < -0.39 is 0 Å². The number of para-hydroxylation sites is 1. The zero-order valence-electron chi connectivity index (χ0n) is 17.8. The summed E-state index contributed by atoms with van der Waals surface area (Å²) in [5.74, 6) is -0.0442. The summed E-state index contributed by atoms with van der Waals surface area (Å²) in [6.45, 7) is 4.50. The van der Waals surface area contributed by atoms with Crippen molar-refractivity contribution in [1.29, 1.82) is 0 Å². The number of hydrogen-bond donors (Lipinski definition) is 2. The molecule has 2 aromatic carbocycles. The van der Waals surface area contributed by atoms with Crippen LogP contribution in [0.1, 0.15) is 24.0 Å². The summed E-state index contributed by atoms with van der Waals surface area (Å²) in [7, 11) is 0. The van der Waals surface area contributed by atoms with Crippen LogP contribution in [0.3, 0.4) is 0 Å². The van der Waals surface area contributed by atoms with E-state index in [4.69, 9.17) is 0 Å². The smallest absolute Gasteiger partial charge is 0.248 e. The number of fused-ring (bicyclic) bond motifs is 1. The summed E-state index contributed by atoms with van der Waals surface area (Å²) >= 11 is 1.50. The third-order valence-electron chi connectivity index (χ3n) is 5.93. The van der Waals surface area contributed by atoms with Crippen LogP contribution in [-0.2, 0) is 22.4 Å². The molecule has 0 bridgehead atoms. The molecule has 1 aliphatic carbocycles. The molecular formula is C24H30N4O2S. The Balaban J connectivity index is 1.10. The minimum absolute atomic E-state index is 0.152. The molecule has 1 fully saturated rings. The van der Waals surface area contributed by atoms with Crippen LogP contribution in [0.15, 0.2) is 53.4 Å². The fourth-order valence-electron chi connectivity index (χ4n) is 4.15. The van der Waals surface area contributed by atoms with E-state index in [2.05, 4.69) is 63.1 Å². The lowest BCUT2D eigenvalue weighted by Crippen LogP contribution is -2.48. The van der Waals surface area contributed by atoms with Gasteiger partial charge in [0.2, 0.25) is 11.8 Å². The third-order valence-corrected chi connectivity index (χ3v) is 6.92. The van der Waals surface area contributed by atoms with E-state index in [0.29, 0.717) is 18.7 Å². The summed E-state index contributed by atoms with van der Waals surface area (Å²) in [5.41, 5.74) is 9.17. The van der Waals surface area contributed by atoms with E-state index in [9.17, 15) is 9.59 Å². The number of piperazine rings is 1. The maximum Gasteiger partial charge on any atom is 0.248 e. The lowest BCUT2D eigenvalue weighted by molar-refractivity contribution is -0.127. The minimum Gasteiger partial charge on any atom is -0.369 e. The van der Waals surface area contributed by atoms with E-state index in [0.717, 1.165) is 43.9 Å². The SMILES string of the molecule is O=C(CCN1CCN(c2ccccc2)CC1)NNC(=O)CSc1ccc2c(c1)CCC2. The highest BCUT2D eigenvalue weighted by Crippen LogP contribution is 2.27. The molecule has 1 aliphatic heterocycles. The summed E-state index contributed by atoms with van der Waals surface area (Å²) in [4.78, 5) is 30.0. The Morgan fingerprint density at radius 1 is 0.871 bits per heavy atom. The van der Waals surface area contributed by atoms with Crippen LogP contribution in [0.25, 0.3) is 0 Å².